The summed E-state index contributed by atoms with van der Waals surface area (Å²) in [7, 11) is -4.67. The Bertz CT molecular complexity index is 187. The molecule has 0 aliphatic rings. The summed E-state index contributed by atoms with van der Waals surface area (Å²) < 4.78 is 31.6. The molecule has 0 radical (unpaired) electrons. The fraction of sp³-hybridized carbons (Fsp3) is 0.200. The van der Waals surface area contributed by atoms with Gasteiger partial charge in [0.15, 0.2) is 0 Å². The van der Waals surface area contributed by atoms with Crippen molar-refractivity contribution in [3.8, 4) is 0 Å². The molecule has 0 atom stereocenters. The van der Waals surface area contributed by atoms with Gasteiger partial charge in [-0.05, 0) is 6.92 Å². The van der Waals surface area contributed by atoms with Gasteiger partial charge in [0.1, 0.15) is 0 Å². The quantitative estimate of drug-likeness (QED) is 0.353. The summed E-state index contributed by atoms with van der Waals surface area (Å²) >= 11 is 0. The molecular weight excluding hydrogens is 180 g/mol. The van der Waals surface area contributed by atoms with Gasteiger partial charge in [-0.15, -0.1) is 0 Å². The lowest BCUT2D eigenvalue weighted by molar-refractivity contribution is 0.381. The minimum atomic E-state index is -4.67. The molecule has 0 aromatic heterocycles. The Labute approximate surface area is 82.7 Å². The summed E-state index contributed by atoms with van der Waals surface area (Å²) in [6.07, 6.45) is 5.58. The molecule has 11 heavy (non-hydrogen) atoms. The van der Waals surface area contributed by atoms with Crippen molar-refractivity contribution in [3.05, 3.63) is 24.8 Å². The fourth-order valence-corrected chi connectivity index (χ4v) is 0.136. The minimum absolute atomic E-state index is 0. The first-order valence-electron chi connectivity index (χ1n) is 2.35. The first-order chi connectivity index (χ1) is 4.41. The molecule has 0 amide bonds. The molecule has 0 saturated heterocycles. The molecule has 0 fully saturated rings. The van der Waals surface area contributed by atoms with Crippen LogP contribution in [-0.2, 0) is 10.4 Å². The van der Waals surface area contributed by atoms with Gasteiger partial charge in [-0.3, -0.25) is 9.11 Å². The van der Waals surface area contributed by atoms with E-state index in [4.69, 9.17) is 17.5 Å². The monoisotopic (exact) mass is 192 g/mol. The van der Waals surface area contributed by atoms with E-state index in [0.29, 0.717) is 0 Å². The van der Waals surface area contributed by atoms with Crippen LogP contribution >= 0.6 is 0 Å². The summed E-state index contributed by atoms with van der Waals surface area (Å²) in [5.41, 5.74) is 0. The standard InChI is InChI=1S/C5H8.Mg.H2O4S.2H/c1-3-5-4-2;;1-5(2,3)4;;/h3-5H,1H2,2H3;;(H2,1,2,3,4);;. The van der Waals surface area contributed by atoms with Gasteiger partial charge in [-0.25, -0.2) is 0 Å². The molecule has 0 saturated carbocycles. The van der Waals surface area contributed by atoms with E-state index in [1.807, 2.05) is 19.1 Å². The summed E-state index contributed by atoms with van der Waals surface area (Å²) in [5, 5.41) is 0. The van der Waals surface area contributed by atoms with Crippen LogP contribution in [0, 0.1) is 0 Å². The molecule has 6 heteroatoms. The van der Waals surface area contributed by atoms with Gasteiger partial charge in [0, 0.05) is 0 Å². The van der Waals surface area contributed by atoms with E-state index >= 15 is 0 Å². The van der Waals surface area contributed by atoms with Crippen molar-refractivity contribution in [2.75, 3.05) is 0 Å². The Balaban J connectivity index is -0.000000107. The number of hydrogen-bond donors (Lipinski definition) is 2. The zero-order valence-corrected chi connectivity index (χ0v) is 6.37. The number of rotatable bonds is 1. The normalized spacial score (nSPS) is 9.36. The molecule has 2 N–H and O–H groups in total. The Morgan fingerprint density at radius 2 is 1.64 bits per heavy atom. The van der Waals surface area contributed by atoms with E-state index in [1.54, 1.807) is 6.08 Å². The molecule has 0 rings (SSSR count). The van der Waals surface area contributed by atoms with Crippen molar-refractivity contribution in [1.82, 2.24) is 0 Å². The van der Waals surface area contributed by atoms with Crippen LogP contribution in [0.3, 0.4) is 0 Å². The highest BCUT2D eigenvalue weighted by atomic mass is 32.3. The Morgan fingerprint density at radius 1 is 1.36 bits per heavy atom. The maximum absolute atomic E-state index is 8.74. The van der Waals surface area contributed by atoms with Crippen LogP contribution in [0.25, 0.3) is 0 Å². The van der Waals surface area contributed by atoms with Gasteiger partial charge in [-0.1, -0.05) is 24.8 Å². The third-order valence-electron chi connectivity index (χ3n) is 0.329. The van der Waals surface area contributed by atoms with E-state index in [9.17, 15) is 0 Å². The zero-order chi connectivity index (χ0) is 8.62. The van der Waals surface area contributed by atoms with Gasteiger partial charge in [-0.2, -0.15) is 8.42 Å². The first-order valence-corrected chi connectivity index (χ1v) is 3.75. The predicted octanol–water partition coefficient (Wildman–Crippen LogP) is 0.179. The van der Waals surface area contributed by atoms with E-state index in [0.717, 1.165) is 0 Å². The average molecular weight is 193 g/mol. The zero-order valence-electron chi connectivity index (χ0n) is 5.56. The smallest absolute Gasteiger partial charge is 0.264 e. The van der Waals surface area contributed by atoms with Gasteiger partial charge in [0.05, 0.1) is 0 Å². The molecule has 0 aromatic carbocycles. The predicted molar refractivity (Wildman–Crippen MR) is 47.7 cm³/mol. The van der Waals surface area contributed by atoms with Crippen LogP contribution in [0.15, 0.2) is 24.8 Å². The summed E-state index contributed by atoms with van der Waals surface area (Å²) in [6, 6.07) is 0. The highest BCUT2D eigenvalue weighted by Gasteiger charge is 1.84. The van der Waals surface area contributed by atoms with Crippen molar-refractivity contribution >= 4 is 33.5 Å². The number of allylic oxidation sites excluding steroid dienone is 3. The first kappa shape index (κ1) is 17.3. The van der Waals surface area contributed by atoms with Crippen LogP contribution in [0.2, 0.25) is 0 Å². The largest absolute Gasteiger partial charge is 0.394 e. The lowest BCUT2D eigenvalue weighted by atomic mass is 10.5. The lowest BCUT2D eigenvalue weighted by Crippen LogP contribution is -1.89. The van der Waals surface area contributed by atoms with Crippen LogP contribution in [0.1, 0.15) is 6.92 Å². The van der Waals surface area contributed by atoms with Gasteiger partial charge < -0.3 is 0 Å². The SMILES string of the molecule is C=CC=CC.O=S(=O)(O)O.[MgH2]. The van der Waals surface area contributed by atoms with Crippen LogP contribution < -0.4 is 0 Å². The maximum atomic E-state index is 8.74. The molecule has 0 aromatic rings. The molecule has 0 bridgehead atoms. The van der Waals surface area contributed by atoms with Gasteiger partial charge in [0.25, 0.3) is 0 Å². The summed E-state index contributed by atoms with van der Waals surface area (Å²) in [5.74, 6) is 0. The highest BCUT2D eigenvalue weighted by Crippen LogP contribution is 1.64. The Kier molecular flexibility index (Phi) is 15.9. The number of hydrogen-bond acceptors (Lipinski definition) is 2. The topological polar surface area (TPSA) is 74.6 Å². The van der Waals surface area contributed by atoms with Crippen molar-refractivity contribution in [3.63, 3.8) is 0 Å². The molecule has 0 aliphatic carbocycles. The van der Waals surface area contributed by atoms with Crippen molar-refractivity contribution in [1.29, 1.82) is 0 Å². The molecule has 0 aliphatic heterocycles. The third kappa shape index (κ3) is 149. The van der Waals surface area contributed by atoms with E-state index in [1.165, 1.54) is 0 Å². The maximum Gasteiger partial charge on any atom is 0.394 e. The Morgan fingerprint density at radius 3 is 1.64 bits per heavy atom. The molecular formula is C5H12MgO4S. The van der Waals surface area contributed by atoms with Crippen molar-refractivity contribution in [2.24, 2.45) is 0 Å². The van der Waals surface area contributed by atoms with Crippen molar-refractivity contribution in [2.45, 2.75) is 6.92 Å². The van der Waals surface area contributed by atoms with Crippen LogP contribution in [0.5, 0.6) is 0 Å². The average Bonchev–Trinajstić information content (AvgIpc) is 1.63. The molecule has 0 heterocycles. The summed E-state index contributed by atoms with van der Waals surface area (Å²) in [6.45, 7) is 5.42. The van der Waals surface area contributed by atoms with Crippen LogP contribution in [-0.4, -0.2) is 40.6 Å². The molecule has 64 valence electrons. The fourth-order valence-electron chi connectivity index (χ4n) is 0.136. The van der Waals surface area contributed by atoms with Gasteiger partial charge in [0.2, 0.25) is 0 Å². The molecule has 0 spiro atoms. The van der Waals surface area contributed by atoms with E-state index in [-0.39, 0.29) is 23.1 Å². The Hall–Kier alpha value is 0.116. The second kappa shape index (κ2) is 10.1. The minimum Gasteiger partial charge on any atom is -0.264 e. The van der Waals surface area contributed by atoms with Gasteiger partial charge >= 0.3 is 33.5 Å². The third-order valence-corrected chi connectivity index (χ3v) is 0.329. The van der Waals surface area contributed by atoms with E-state index < -0.39 is 10.4 Å². The highest BCUT2D eigenvalue weighted by molar-refractivity contribution is 7.79. The van der Waals surface area contributed by atoms with Crippen LogP contribution in [0.4, 0.5) is 0 Å². The molecule has 0 unspecified atom stereocenters. The summed E-state index contributed by atoms with van der Waals surface area (Å²) in [4.78, 5) is 0. The molecule has 4 nitrogen and oxygen atoms in total. The lowest BCUT2D eigenvalue weighted by Gasteiger charge is -1.68. The second-order valence-corrected chi connectivity index (χ2v) is 2.10. The van der Waals surface area contributed by atoms with Crippen molar-refractivity contribution < 1.29 is 17.5 Å². The van der Waals surface area contributed by atoms with E-state index in [2.05, 4.69) is 6.58 Å². The second-order valence-electron chi connectivity index (χ2n) is 1.21.